The Labute approximate surface area is 135 Å². The highest BCUT2D eigenvalue weighted by molar-refractivity contribution is 6.31. The lowest BCUT2D eigenvalue weighted by Gasteiger charge is -2.20. The maximum absolute atomic E-state index is 6.29. The summed E-state index contributed by atoms with van der Waals surface area (Å²) in [4.78, 5) is 0. The van der Waals surface area contributed by atoms with Crippen LogP contribution < -0.4 is 5.32 Å². The smallest absolute Gasteiger partial charge is 0.0518 e. The minimum absolute atomic E-state index is 0.301. The Morgan fingerprint density at radius 3 is 2.43 bits per heavy atom. The van der Waals surface area contributed by atoms with Crippen LogP contribution in [0.4, 0.5) is 0 Å². The summed E-state index contributed by atoms with van der Waals surface area (Å²) < 4.78 is 5.71. The molecule has 0 amide bonds. The van der Waals surface area contributed by atoms with Gasteiger partial charge in [0.25, 0.3) is 0 Å². The van der Waals surface area contributed by atoms with E-state index in [-0.39, 0.29) is 0 Å². The van der Waals surface area contributed by atoms with Gasteiger partial charge in [0.1, 0.15) is 0 Å². The molecule has 1 aromatic rings. The second kappa shape index (κ2) is 10.2. The van der Waals surface area contributed by atoms with Gasteiger partial charge in [-0.15, -0.1) is 0 Å². The lowest BCUT2D eigenvalue weighted by molar-refractivity contribution is 0.0682. The van der Waals surface area contributed by atoms with Gasteiger partial charge >= 0.3 is 0 Å². The predicted molar refractivity (Wildman–Crippen MR) is 92.1 cm³/mol. The zero-order valence-corrected chi connectivity index (χ0v) is 14.6. The van der Waals surface area contributed by atoms with Crippen molar-refractivity contribution in [3.63, 3.8) is 0 Å². The van der Waals surface area contributed by atoms with Crippen LogP contribution in [0.1, 0.15) is 39.7 Å². The zero-order valence-electron chi connectivity index (χ0n) is 13.9. The van der Waals surface area contributed by atoms with Crippen LogP contribution in [0.25, 0.3) is 0 Å². The fourth-order valence-corrected chi connectivity index (χ4v) is 2.51. The van der Waals surface area contributed by atoms with E-state index in [4.69, 9.17) is 16.3 Å². The average molecular weight is 312 g/mol. The molecule has 1 rings (SSSR count). The van der Waals surface area contributed by atoms with Crippen molar-refractivity contribution in [2.45, 2.75) is 46.6 Å². The van der Waals surface area contributed by atoms with Gasteiger partial charge in [-0.05, 0) is 63.2 Å². The summed E-state index contributed by atoms with van der Waals surface area (Å²) in [5.74, 6) is 1.24. The molecular weight excluding hydrogens is 282 g/mol. The van der Waals surface area contributed by atoms with E-state index in [0.29, 0.717) is 17.9 Å². The molecule has 0 radical (unpaired) electrons. The first-order valence-electron chi connectivity index (χ1n) is 8.04. The summed E-state index contributed by atoms with van der Waals surface area (Å²) in [7, 11) is 0. The number of benzene rings is 1. The number of rotatable bonds is 10. The fraction of sp³-hybridized carbons (Fsp3) is 0.667. The molecule has 0 fully saturated rings. The number of hydrogen-bond donors (Lipinski definition) is 1. The SMILES string of the molecule is CC(C)CNCC(CCOC(C)C)Cc1ccccc1Cl. The highest BCUT2D eigenvalue weighted by atomic mass is 35.5. The highest BCUT2D eigenvalue weighted by Crippen LogP contribution is 2.20. The molecule has 1 aromatic carbocycles. The molecule has 2 nitrogen and oxygen atoms in total. The maximum atomic E-state index is 6.29. The summed E-state index contributed by atoms with van der Waals surface area (Å²) in [5.41, 5.74) is 1.24. The third-order valence-electron chi connectivity index (χ3n) is 3.43. The number of halogens is 1. The summed E-state index contributed by atoms with van der Waals surface area (Å²) >= 11 is 6.29. The van der Waals surface area contributed by atoms with Crippen molar-refractivity contribution in [3.05, 3.63) is 34.9 Å². The van der Waals surface area contributed by atoms with E-state index in [1.807, 2.05) is 12.1 Å². The molecule has 120 valence electrons. The van der Waals surface area contributed by atoms with Gasteiger partial charge in [-0.1, -0.05) is 43.6 Å². The Hall–Kier alpha value is -0.570. The molecule has 0 aliphatic carbocycles. The van der Waals surface area contributed by atoms with E-state index in [9.17, 15) is 0 Å². The standard InChI is InChI=1S/C18H30ClNO/c1-14(2)12-20-13-16(9-10-21-15(3)4)11-17-7-5-6-8-18(17)19/h5-8,14-16,20H,9-13H2,1-4H3. The van der Waals surface area contributed by atoms with Crippen molar-refractivity contribution in [1.29, 1.82) is 0 Å². The van der Waals surface area contributed by atoms with E-state index in [0.717, 1.165) is 37.6 Å². The van der Waals surface area contributed by atoms with Crippen molar-refractivity contribution in [3.8, 4) is 0 Å². The number of ether oxygens (including phenoxy) is 1. The van der Waals surface area contributed by atoms with E-state index in [1.165, 1.54) is 5.56 Å². The molecule has 0 aliphatic rings. The molecule has 0 aromatic heterocycles. The van der Waals surface area contributed by atoms with Gasteiger partial charge in [0.2, 0.25) is 0 Å². The molecule has 3 heteroatoms. The van der Waals surface area contributed by atoms with Crippen molar-refractivity contribution >= 4 is 11.6 Å². The van der Waals surface area contributed by atoms with Crippen molar-refractivity contribution in [1.82, 2.24) is 5.32 Å². The Kier molecular flexibility index (Phi) is 8.98. The molecular formula is C18H30ClNO. The molecule has 1 unspecified atom stereocenters. The third-order valence-corrected chi connectivity index (χ3v) is 3.80. The van der Waals surface area contributed by atoms with Crippen LogP contribution in [0.2, 0.25) is 5.02 Å². The van der Waals surface area contributed by atoms with E-state index >= 15 is 0 Å². The molecule has 0 heterocycles. The molecule has 1 N–H and O–H groups in total. The molecule has 0 saturated heterocycles. The Bertz CT molecular complexity index is 379. The molecule has 0 spiro atoms. The summed E-state index contributed by atoms with van der Waals surface area (Å²) in [5, 5.41) is 4.44. The first-order chi connectivity index (χ1) is 9.99. The van der Waals surface area contributed by atoms with Crippen LogP contribution >= 0.6 is 11.6 Å². The second-order valence-corrected chi connectivity index (χ2v) is 6.83. The molecule has 0 saturated carbocycles. The minimum Gasteiger partial charge on any atom is -0.379 e. The Morgan fingerprint density at radius 1 is 1.10 bits per heavy atom. The van der Waals surface area contributed by atoms with Gasteiger partial charge < -0.3 is 10.1 Å². The Morgan fingerprint density at radius 2 is 1.81 bits per heavy atom. The van der Waals surface area contributed by atoms with Gasteiger partial charge in [0.05, 0.1) is 6.10 Å². The normalized spacial score (nSPS) is 13.1. The quantitative estimate of drug-likeness (QED) is 0.684. The van der Waals surface area contributed by atoms with E-state index in [2.05, 4.69) is 45.1 Å². The number of hydrogen-bond acceptors (Lipinski definition) is 2. The predicted octanol–water partition coefficient (Wildman–Crippen LogP) is 4.56. The van der Waals surface area contributed by atoms with Crippen molar-refractivity contribution < 1.29 is 4.74 Å². The van der Waals surface area contributed by atoms with Crippen LogP contribution in [0.5, 0.6) is 0 Å². The summed E-state index contributed by atoms with van der Waals surface area (Å²) in [6.45, 7) is 11.5. The average Bonchev–Trinajstić information content (AvgIpc) is 2.40. The minimum atomic E-state index is 0.301. The van der Waals surface area contributed by atoms with Gasteiger partial charge in [0, 0.05) is 11.6 Å². The van der Waals surface area contributed by atoms with Crippen LogP contribution in [0.3, 0.4) is 0 Å². The van der Waals surface area contributed by atoms with Gasteiger partial charge in [0.15, 0.2) is 0 Å². The van der Waals surface area contributed by atoms with E-state index in [1.54, 1.807) is 0 Å². The summed E-state index contributed by atoms with van der Waals surface area (Å²) in [6.07, 6.45) is 2.37. The van der Waals surface area contributed by atoms with Crippen LogP contribution in [0.15, 0.2) is 24.3 Å². The van der Waals surface area contributed by atoms with Gasteiger partial charge in [-0.2, -0.15) is 0 Å². The highest BCUT2D eigenvalue weighted by Gasteiger charge is 2.12. The van der Waals surface area contributed by atoms with E-state index < -0.39 is 0 Å². The largest absolute Gasteiger partial charge is 0.379 e. The third kappa shape index (κ3) is 8.45. The Balaban J connectivity index is 2.51. The van der Waals surface area contributed by atoms with Gasteiger partial charge in [-0.25, -0.2) is 0 Å². The molecule has 1 atom stereocenters. The topological polar surface area (TPSA) is 21.3 Å². The fourth-order valence-electron chi connectivity index (χ4n) is 2.30. The molecule has 0 aliphatic heterocycles. The zero-order chi connectivity index (χ0) is 15.7. The monoisotopic (exact) mass is 311 g/mol. The number of nitrogens with one attached hydrogen (secondary N) is 1. The van der Waals surface area contributed by atoms with Crippen molar-refractivity contribution in [2.24, 2.45) is 11.8 Å². The van der Waals surface area contributed by atoms with Gasteiger partial charge in [-0.3, -0.25) is 0 Å². The van der Waals surface area contributed by atoms with Crippen LogP contribution in [-0.2, 0) is 11.2 Å². The molecule has 0 bridgehead atoms. The maximum Gasteiger partial charge on any atom is 0.0518 e. The molecule has 21 heavy (non-hydrogen) atoms. The second-order valence-electron chi connectivity index (χ2n) is 6.42. The van der Waals surface area contributed by atoms with Crippen molar-refractivity contribution in [2.75, 3.05) is 19.7 Å². The lowest BCUT2D eigenvalue weighted by Crippen LogP contribution is -2.28. The lowest BCUT2D eigenvalue weighted by atomic mass is 9.96. The van der Waals surface area contributed by atoms with Crippen LogP contribution in [-0.4, -0.2) is 25.8 Å². The first-order valence-corrected chi connectivity index (χ1v) is 8.42. The van der Waals surface area contributed by atoms with Crippen LogP contribution in [0, 0.1) is 11.8 Å². The summed E-state index contributed by atoms with van der Waals surface area (Å²) in [6, 6.07) is 8.14. The first kappa shape index (κ1) is 18.5.